The maximum Gasteiger partial charge on any atom is 0.161 e. The van der Waals surface area contributed by atoms with E-state index in [0.29, 0.717) is 6.61 Å². The van der Waals surface area contributed by atoms with Gasteiger partial charge in [0.25, 0.3) is 0 Å². The zero-order valence-electron chi connectivity index (χ0n) is 12.9. The molecular weight excluding hydrogens is 264 g/mol. The maximum atomic E-state index is 5.56. The monoisotopic (exact) mass is 290 g/mol. The van der Waals surface area contributed by atoms with Crippen LogP contribution in [0.3, 0.4) is 0 Å². The van der Waals surface area contributed by atoms with Crippen molar-refractivity contribution in [1.82, 2.24) is 10.6 Å². The van der Waals surface area contributed by atoms with E-state index in [9.17, 15) is 0 Å². The highest BCUT2D eigenvalue weighted by molar-refractivity contribution is 5.43. The second kappa shape index (κ2) is 8.70. The summed E-state index contributed by atoms with van der Waals surface area (Å²) in [5.74, 6) is 2.33. The minimum Gasteiger partial charge on any atom is -0.493 e. The van der Waals surface area contributed by atoms with Gasteiger partial charge >= 0.3 is 0 Å². The molecule has 1 aliphatic rings. The number of hydrogen-bond donors (Lipinski definition) is 2. The SMILES string of the molecule is C=CCOc1ccc(CNCC2CCNCC2)cc1OC. The third-order valence-corrected chi connectivity index (χ3v) is 3.81. The summed E-state index contributed by atoms with van der Waals surface area (Å²) in [6.07, 6.45) is 4.27. The number of hydrogen-bond acceptors (Lipinski definition) is 4. The van der Waals surface area contributed by atoms with Crippen molar-refractivity contribution in [2.45, 2.75) is 19.4 Å². The number of nitrogens with one attached hydrogen (secondary N) is 2. The first-order valence-corrected chi connectivity index (χ1v) is 7.65. The van der Waals surface area contributed by atoms with Gasteiger partial charge in [0.2, 0.25) is 0 Å². The molecule has 0 amide bonds. The number of piperidine rings is 1. The molecule has 0 aromatic heterocycles. The fourth-order valence-corrected chi connectivity index (χ4v) is 2.60. The fraction of sp³-hybridized carbons (Fsp3) is 0.529. The van der Waals surface area contributed by atoms with Crippen LogP contribution in [0.4, 0.5) is 0 Å². The smallest absolute Gasteiger partial charge is 0.161 e. The largest absolute Gasteiger partial charge is 0.493 e. The highest BCUT2D eigenvalue weighted by Crippen LogP contribution is 2.28. The fourth-order valence-electron chi connectivity index (χ4n) is 2.60. The quantitative estimate of drug-likeness (QED) is 0.721. The Bertz CT molecular complexity index is 442. The average Bonchev–Trinajstić information content (AvgIpc) is 2.54. The maximum absolute atomic E-state index is 5.56. The molecule has 21 heavy (non-hydrogen) atoms. The number of methoxy groups -OCH3 is 1. The molecule has 0 saturated carbocycles. The molecule has 1 heterocycles. The lowest BCUT2D eigenvalue weighted by Gasteiger charge is -2.22. The molecule has 0 unspecified atom stereocenters. The minimum atomic E-state index is 0.490. The Morgan fingerprint density at radius 2 is 2.14 bits per heavy atom. The molecule has 116 valence electrons. The molecule has 0 bridgehead atoms. The van der Waals surface area contributed by atoms with Crippen LogP contribution >= 0.6 is 0 Å². The zero-order chi connectivity index (χ0) is 14.9. The second-order valence-electron chi connectivity index (χ2n) is 5.41. The lowest BCUT2D eigenvalue weighted by Crippen LogP contribution is -2.33. The first-order valence-electron chi connectivity index (χ1n) is 7.65. The van der Waals surface area contributed by atoms with Gasteiger partial charge in [-0.2, -0.15) is 0 Å². The summed E-state index contributed by atoms with van der Waals surface area (Å²) >= 11 is 0. The second-order valence-corrected chi connectivity index (χ2v) is 5.41. The molecule has 0 spiro atoms. The van der Waals surface area contributed by atoms with E-state index in [1.54, 1.807) is 13.2 Å². The molecule has 1 fully saturated rings. The van der Waals surface area contributed by atoms with E-state index < -0.39 is 0 Å². The normalized spacial score (nSPS) is 15.7. The predicted octanol–water partition coefficient (Wildman–Crippen LogP) is 2.35. The van der Waals surface area contributed by atoms with E-state index in [1.807, 2.05) is 12.1 Å². The van der Waals surface area contributed by atoms with Crippen molar-refractivity contribution in [2.75, 3.05) is 33.4 Å². The van der Waals surface area contributed by atoms with Crippen LogP contribution in [-0.4, -0.2) is 33.4 Å². The van der Waals surface area contributed by atoms with Crippen molar-refractivity contribution in [3.05, 3.63) is 36.4 Å². The van der Waals surface area contributed by atoms with Gasteiger partial charge in [0.05, 0.1) is 7.11 Å². The van der Waals surface area contributed by atoms with Crippen molar-refractivity contribution in [1.29, 1.82) is 0 Å². The Hall–Kier alpha value is -1.52. The third kappa shape index (κ3) is 5.06. The van der Waals surface area contributed by atoms with E-state index in [-0.39, 0.29) is 0 Å². The van der Waals surface area contributed by atoms with E-state index in [4.69, 9.17) is 9.47 Å². The van der Waals surface area contributed by atoms with Gasteiger partial charge in [0.15, 0.2) is 11.5 Å². The lowest BCUT2D eigenvalue weighted by molar-refractivity contribution is 0.326. The van der Waals surface area contributed by atoms with Crippen LogP contribution in [0, 0.1) is 5.92 Å². The first-order chi connectivity index (χ1) is 10.3. The van der Waals surface area contributed by atoms with Gasteiger partial charge < -0.3 is 20.1 Å². The summed E-state index contributed by atoms with van der Waals surface area (Å²) in [4.78, 5) is 0. The lowest BCUT2D eigenvalue weighted by atomic mass is 9.98. The summed E-state index contributed by atoms with van der Waals surface area (Å²) in [5.41, 5.74) is 1.21. The minimum absolute atomic E-state index is 0.490. The standard InChI is InChI=1S/C17H26N2O2/c1-3-10-21-16-5-4-15(11-17(16)20-2)13-19-12-14-6-8-18-9-7-14/h3-5,11,14,18-19H,1,6-10,12-13H2,2H3. The predicted molar refractivity (Wildman–Crippen MR) is 86.0 cm³/mol. The van der Waals surface area contributed by atoms with Crippen LogP contribution in [0.5, 0.6) is 11.5 Å². The van der Waals surface area contributed by atoms with Gasteiger partial charge in [-0.1, -0.05) is 18.7 Å². The summed E-state index contributed by atoms with van der Waals surface area (Å²) in [6.45, 7) is 8.38. The van der Waals surface area contributed by atoms with E-state index in [2.05, 4.69) is 23.3 Å². The Balaban J connectivity index is 1.83. The Morgan fingerprint density at radius 3 is 2.86 bits per heavy atom. The summed E-state index contributed by atoms with van der Waals surface area (Å²) in [6, 6.07) is 6.08. The van der Waals surface area contributed by atoms with Crippen LogP contribution in [-0.2, 0) is 6.54 Å². The van der Waals surface area contributed by atoms with Crippen molar-refractivity contribution in [3.63, 3.8) is 0 Å². The molecule has 1 saturated heterocycles. The molecule has 1 aromatic carbocycles. The first kappa shape index (κ1) is 15.9. The van der Waals surface area contributed by atoms with E-state index in [1.165, 1.54) is 18.4 Å². The molecule has 1 aromatic rings. The van der Waals surface area contributed by atoms with Crippen LogP contribution in [0.15, 0.2) is 30.9 Å². The highest BCUT2D eigenvalue weighted by Gasteiger charge is 2.12. The van der Waals surface area contributed by atoms with E-state index >= 15 is 0 Å². The van der Waals surface area contributed by atoms with Crippen LogP contribution in [0.25, 0.3) is 0 Å². The number of ether oxygens (including phenoxy) is 2. The van der Waals surface area contributed by atoms with Crippen molar-refractivity contribution in [2.24, 2.45) is 5.92 Å². The van der Waals surface area contributed by atoms with Gasteiger partial charge in [-0.05, 0) is 56.1 Å². The van der Waals surface area contributed by atoms with Crippen molar-refractivity contribution < 1.29 is 9.47 Å². The molecule has 1 aliphatic heterocycles. The van der Waals surface area contributed by atoms with Gasteiger partial charge in [0, 0.05) is 6.54 Å². The molecular formula is C17H26N2O2. The molecule has 0 radical (unpaired) electrons. The van der Waals surface area contributed by atoms with Crippen LogP contribution in [0.1, 0.15) is 18.4 Å². The third-order valence-electron chi connectivity index (χ3n) is 3.81. The topological polar surface area (TPSA) is 42.5 Å². The van der Waals surface area contributed by atoms with Gasteiger partial charge in [0.1, 0.15) is 6.61 Å². The van der Waals surface area contributed by atoms with Gasteiger partial charge in [-0.3, -0.25) is 0 Å². The molecule has 4 heteroatoms. The van der Waals surface area contributed by atoms with Crippen molar-refractivity contribution in [3.8, 4) is 11.5 Å². The Kier molecular flexibility index (Phi) is 6.57. The summed E-state index contributed by atoms with van der Waals surface area (Å²) < 4.78 is 10.9. The van der Waals surface area contributed by atoms with Crippen molar-refractivity contribution >= 4 is 0 Å². The molecule has 0 atom stereocenters. The molecule has 0 aliphatic carbocycles. The van der Waals surface area contributed by atoms with E-state index in [0.717, 1.165) is 43.6 Å². The summed E-state index contributed by atoms with van der Waals surface area (Å²) in [7, 11) is 1.67. The van der Waals surface area contributed by atoms with Gasteiger partial charge in [-0.25, -0.2) is 0 Å². The van der Waals surface area contributed by atoms with Crippen LogP contribution < -0.4 is 20.1 Å². The number of rotatable bonds is 8. The highest BCUT2D eigenvalue weighted by atomic mass is 16.5. The number of benzene rings is 1. The van der Waals surface area contributed by atoms with Gasteiger partial charge in [-0.15, -0.1) is 0 Å². The molecule has 2 rings (SSSR count). The molecule has 2 N–H and O–H groups in total. The van der Waals surface area contributed by atoms with Crippen LogP contribution in [0.2, 0.25) is 0 Å². The molecule has 4 nitrogen and oxygen atoms in total. The zero-order valence-corrected chi connectivity index (χ0v) is 12.9. The summed E-state index contributed by atoms with van der Waals surface area (Å²) in [5, 5.41) is 6.94. The Labute approximate surface area is 127 Å². The average molecular weight is 290 g/mol. The Morgan fingerprint density at radius 1 is 1.33 bits per heavy atom.